The van der Waals surface area contributed by atoms with E-state index < -0.39 is 0 Å². The number of pyridine rings is 1. The van der Waals surface area contributed by atoms with E-state index in [1.807, 2.05) is 18.2 Å². The van der Waals surface area contributed by atoms with Crippen LogP contribution in [-0.2, 0) is 6.54 Å². The van der Waals surface area contributed by atoms with Crippen molar-refractivity contribution in [1.82, 2.24) is 15.0 Å². The molecule has 0 saturated heterocycles. The van der Waals surface area contributed by atoms with Crippen LogP contribution in [0.1, 0.15) is 5.69 Å². The van der Waals surface area contributed by atoms with Gasteiger partial charge in [-0.2, -0.15) is 0 Å². The standard InChI is InChI=1S/C11H13N5O/c1-17-9-10(12)15-7-16-11(9)14-6-8-4-2-3-5-13-8/h2-5,7H,6H2,1H3,(H3,12,14,15,16). The van der Waals surface area contributed by atoms with E-state index in [-0.39, 0.29) is 0 Å². The van der Waals surface area contributed by atoms with E-state index in [2.05, 4.69) is 20.3 Å². The van der Waals surface area contributed by atoms with Crippen molar-refractivity contribution < 1.29 is 4.74 Å². The Morgan fingerprint density at radius 3 is 2.88 bits per heavy atom. The van der Waals surface area contributed by atoms with Gasteiger partial charge in [-0.3, -0.25) is 4.98 Å². The number of nitrogens with zero attached hydrogens (tertiary/aromatic N) is 3. The molecule has 0 aromatic carbocycles. The summed E-state index contributed by atoms with van der Waals surface area (Å²) < 4.78 is 5.13. The third-order valence-electron chi connectivity index (χ3n) is 2.20. The number of hydrogen-bond donors (Lipinski definition) is 2. The Bertz CT molecular complexity index is 488. The van der Waals surface area contributed by atoms with E-state index in [0.717, 1.165) is 5.69 Å². The van der Waals surface area contributed by atoms with Gasteiger partial charge in [0.05, 0.1) is 19.3 Å². The summed E-state index contributed by atoms with van der Waals surface area (Å²) in [4.78, 5) is 12.1. The first kappa shape index (κ1) is 11.1. The molecule has 2 aromatic rings. The largest absolute Gasteiger partial charge is 0.490 e. The van der Waals surface area contributed by atoms with Gasteiger partial charge in [0.25, 0.3) is 0 Å². The number of aromatic nitrogens is 3. The Hall–Kier alpha value is -2.37. The Morgan fingerprint density at radius 1 is 1.29 bits per heavy atom. The summed E-state index contributed by atoms with van der Waals surface area (Å²) >= 11 is 0. The minimum Gasteiger partial charge on any atom is -0.490 e. The molecular weight excluding hydrogens is 218 g/mol. The van der Waals surface area contributed by atoms with Gasteiger partial charge in [-0.1, -0.05) is 6.07 Å². The summed E-state index contributed by atoms with van der Waals surface area (Å²) in [5.74, 6) is 1.32. The maximum atomic E-state index is 5.67. The first-order valence-corrected chi connectivity index (χ1v) is 5.09. The van der Waals surface area contributed by atoms with Crippen LogP contribution in [0.25, 0.3) is 0 Å². The normalized spacial score (nSPS) is 9.94. The fraction of sp³-hybridized carbons (Fsp3) is 0.182. The van der Waals surface area contributed by atoms with Gasteiger partial charge in [-0.25, -0.2) is 9.97 Å². The molecule has 2 rings (SSSR count). The molecule has 88 valence electrons. The van der Waals surface area contributed by atoms with Gasteiger partial charge < -0.3 is 15.8 Å². The Labute approximate surface area is 98.9 Å². The first-order chi connectivity index (χ1) is 8.31. The average Bonchev–Trinajstić information content (AvgIpc) is 2.37. The molecule has 0 aliphatic heterocycles. The van der Waals surface area contributed by atoms with E-state index in [1.165, 1.54) is 13.4 Å². The molecule has 0 amide bonds. The number of nitrogen functional groups attached to an aromatic ring is 1. The van der Waals surface area contributed by atoms with E-state index in [9.17, 15) is 0 Å². The monoisotopic (exact) mass is 231 g/mol. The molecular formula is C11H13N5O. The molecule has 2 aromatic heterocycles. The fourth-order valence-electron chi connectivity index (χ4n) is 1.39. The van der Waals surface area contributed by atoms with Crippen LogP contribution in [0.4, 0.5) is 11.6 Å². The van der Waals surface area contributed by atoms with Crippen molar-refractivity contribution >= 4 is 11.6 Å². The summed E-state index contributed by atoms with van der Waals surface area (Å²) in [6.07, 6.45) is 3.13. The maximum Gasteiger partial charge on any atom is 0.203 e. The highest BCUT2D eigenvalue weighted by atomic mass is 16.5. The van der Waals surface area contributed by atoms with Crippen molar-refractivity contribution in [2.45, 2.75) is 6.54 Å². The predicted molar refractivity (Wildman–Crippen MR) is 64.6 cm³/mol. The van der Waals surface area contributed by atoms with Gasteiger partial charge in [-0.05, 0) is 12.1 Å². The SMILES string of the molecule is COc1c(N)ncnc1NCc1ccccn1. The third kappa shape index (κ3) is 2.60. The lowest BCUT2D eigenvalue weighted by Crippen LogP contribution is -2.07. The summed E-state index contributed by atoms with van der Waals surface area (Å²) in [5, 5.41) is 3.10. The molecule has 0 bridgehead atoms. The van der Waals surface area contributed by atoms with E-state index >= 15 is 0 Å². The molecule has 0 radical (unpaired) electrons. The molecule has 0 unspecified atom stereocenters. The number of anilines is 2. The van der Waals surface area contributed by atoms with Crippen molar-refractivity contribution in [3.63, 3.8) is 0 Å². The zero-order valence-corrected chi connectivity index (χ0v) is 9.42. The number of nitrogens with one attached hydrogen (secondary N) is 1. The molecule has 6 nitrogen and oxygen atoms in total. The van der Waals surface area contributed by atoms with Crippen LogP contribution in [-0.4, -0.2) is 22.1 Å². The summed E-state index contributed by atoms with van der Waals surface area (Å²) in [6.45, 7) is 0.549. The van der Waals surface area contributed by atoms with Crippen molar-refractivity contribution in [3.8, 4) is 5.75 Å². The van der Waals surface area contributed by atoms with Gasteiger partial charge in [0, 0.05) is 6.20 Å². The molecule has 0 fully saturated rings. The van der Waals surface area contributed by atoms with Crippen molar-refractivity contribution in [1.29, 1.82) is 0 Å². The van der Waals surface area contributed by atoms with Gasteiger partial charge in [0.1, 0.15) is 6.33 Å². The molecule has 6 heteroatoms. The number of nitrogens with two attached hydrogens (primary N) is 1. The van der Waals surface area contributed by atoms with Crippen LogP contribution in [0.5, 0.6) is 5.75 Å². The highest BCUT2D eigenvalue weighted by Crippen LogP contribution is 2.26. The smallest absolute Gasteiger partial charge is 0.203 e. The molecule has 17 heavy (non-hydrogen) atoms. The Kier molecular flexibility index (Phi) is 3.34. The van der Waals surface area contributed by atoms with Crippen LogP contribution in [0, 0.1) is 0 Å². The average molecular weight is 231 g/mol. The highest BCUT2D eigenvalue weighted by Gasteiger charge is 2.08. The third-order valence-corrected chi connectivity index (χ3v) is 2.20. The van der Waals surface area contributed by atoms with Crippen LogP contribution < -0.4 is 15.8 Å². The summed E-state index contributed by atoms with van der Waals surface area (Å²) in [6, 6.07) is 5.71. The predicted octanol–water partition coefficient (Wildman–Crippen LogP) is 1.07. The number of methoxy groups -OCH3 is 1. The van der Waals surface area contributed by atoms with E-state index in [4.69, 9.17) is 10.5 Å². The minimum atomic E-state index is 0.311. The van der Waals surface area contributed by atoms with Gasteiger partial charge in [-0.15, -0.1) is 0 Å². The second kappa shape index (κ2) is 5.11. The lowest BCUT2D eigenvalue weighted by Gasteiger charge is -2.10. The summed E-state index contributed by atoms with van der Waals surface area (Å²) in [5.41, 5.74) is 6.58. The van der Waals surface area contributed by atoms with Crippen molar-refractivity contribution in [2.75, 3.05) is 18.2 Å². The Morgan fingerprint density at radius 2 is 2.18 bits per heavy atom. The molecule has 2 heterocycles. The highest BCUT2D eigenvalue weighted by molar-refractivity contribution is 5.61. The lowest BCUT2D eigenvalue weighted by molar-refractivity contribution is 0.415. The lowest BCUT2D eigenvalue weighted by atomic mass is 10.3. The van der Waals surface area contributed by atoms with Crippen LogP contribution in [0.15, 0.2) is 30.7 Å². The first-order valence-electron chi connectivity index (χ1n) is 5.09. The molecule has 0 aliphatic rings. The quantitative estimate of drug-likeness (QED) is 0.818. The minimum absolute atomic E-state index is 0.311. The van der Waals surface area contributed by atoms with Gasteiger partial charge in [0.2, 0.25) is 5.75 Å². The van der Waals surface area contributed by atoms with Gasteiger partial charge in [0.15, 0.2) is 11.6 Å². The second-order valence-electron chi connectivity index (χ2n) is 3.32. The number of hydrogen-bond acceptors (Lipinski definition) is 6. The maximum absolute atomic E-state index is 5.67. The van der Waals surface area contributed by atoms with Crippen LogP contribution in [0.3, 0.4) is 0 Å². The molecule has 3 N–H and O–H groups in total. The second-order valence-corrected chi connectivity index (χ2v) is 3.32. The Balaban J connectivity index is 2.12. The van der Waals surface area contributed by atoms with E-state index in [1.54, 1.807) is 6.20 Å². The van der Waals surface area contributed by atoms with Crippen molar-refractivity contribution in [2.24, 2.45) is 0 Å². The van der Waals surface area contributed by atoms with E-state index in [0.29, 0.717) is 23.9 Å². The number of ether oxygens (including phenoxy) is 1. The summed E-state index contributed by atoms with van der Waals surface area (Å²) in [7, 11) is 1.53. The number of rotatable bonds is 4. The van der Waals surface area contributed by atoms with Crippen LogP contribution in [0.2, 0.25) is 0 Å². The zero-order valence-electron chi connectivity index (χ0n) is 9.42. The molecule has 0 aliphatic carbocycles. The topological polar surface area (TPSA) is 86.0 Å². The van der Waals surface area contributed by atoms with Gasteiger partial charge >= 0.3 is 0 Å². The fourth-order valence-corrected chi connectivity index (χ4v) is 1.39. The van der Waals surface area contributed by atoms with Crippen LogP contribution >= 0.6 is 0 Å². The molecule has 0 saturated carbocycles. The molecule has 0 atom stereocenters. The zero-order chi connectivity index (χ0) is 12.1. The molecule has 0 spiro atoms. The van der Waals surface area contributed by atoms with Crippen molar-refractivity contribution in [3.05, 3.63) is 36.4 Å².